The molecule has 122 valence electrons. The molecule has 0 saturated heterocycles. The van der Waals surface area contributed by atoms with Crippen molar-refractivity contribution in [1.82, 2.24) is 4.98 Å². The van der Waals surface area contributed by atoms with Gasteiger partial charge in [-0.15, -0.1) is 0 Å². The molecule has 5 heteroatoms. The smallest absolute Gasteiger partial charge is 0.139 e. The predicted octanol–water partition coefficient (Wildman–Crippen LogP) is 6.32. The maximum absolute atomic E-state index is 6.31. The van der Waals surface area contributed by atoms with E-state index in [4.69, 9.17) is 32.7 Å². The van der Waals surface area contributed by atoms with Crippen molar-refractivity contribution in [1.29, 1.82) is 0 Å². The van der Waals surface area contributed by atoms with Gasteiger partial charge in [0.15, 0.2) is 0 Å². The van der Waals surface area contributed by atoms with Crippen LogP contribution in [0.2, 0.25) is 10.2 Å². The molecule has 3 rings (SSSR count). The Labute approximate surface area is 150 Å². The number of pyridine rings is 1. The fraction of sp³-hybridized carbons (Fsp3) is 0.105. The Morgan fingerprint density at radius 1 is 0.917 bits per heavy atom. The second-order valence-electron chi connectivity index (χ2n) is 5.18. The third-order valence-corrected chi connectivity index (χ3v) is 3.92. The lowest BCUT2D eigenvalue weighted by Crippen LogP contribution is -2.04. The van der Waals surface area contributed by atoms with Crippen molar-refractivity contribution in [2.45, 2.75) is 13.0 Å². The number of benzene rings is 2. The fourth-order valence-electron chi connectivity index (χ4n) is 2.15. The van der Waals surface area contributed by atoms with Crippen molar-refractivity contribution in [3.05, 3.63) is 82.6 Å². The summed E-state index contributed by atoms with van der Waals surface area (Å²) < 4.78 is 11.7. The molecule has 0 N–H and O–H groups in total. The van der Waals surface area contributed by atoms with Gasteiger partial charge in [-0.3, -0.25) is 0 Å². The van der Waals surface area contributed by atoms with Gasteiger partial charge in [-0.25, -0.2) is 4.98 Å². The highest BCUT2D eigenvalue weighted by atomic mass is 35.5. The highest BCUT2D eigenvalue weighted by molar-refractivity contribution is 6.32. The monoisotopic (exact) mass is 359 g/mol. The van der Waals surface area contributed by atoms with Gasteiger partial charge < -0.3 is 9.47 Å². The van der Waals surface area contributed by atoms with E-state index in [-0.39, 0.29) is 6.10 Å². The third kappa shape index (κ3) is 4.19. The Balaban J connectivity index is 1.71. The molecule has 0 fully saturated rings. The van der Waals surface area contributed by atoms with Gasteiger partial charge in [0.25, 0.3) is 0 Å². The van der Waals surface area contributed by atoms with Crippen molar-refractivity contribution in [2.24, 2.45) is 0 Å². The van der Waals surface area contributed by atoms with Crippen LogP contribution >= 0.6 is 23.2 Å². The zero-order valence-corrected chi connectivity index (χ0v) is 14.5. The number of aromatic nitrogens is 1. The lowest BCUT2D eigenvalue weighted by molar-refractivity contribution is 0.226. The molecule has 3 aromatic rings. The number of ether oxygens (including phenoxy) is 2. The summed E-state index contributed by atoms with van der Waals surface area (Å²) in [5.74, 6) is 1.99. The molecular formula is C19H15Cl2NO2. The Morgan fingerprint density at radius 3 is 2.38 bits per heavy atom. The van der Waals surface area contributed by atoms with Crippen LogP contribution in [0.25, 0.3) is 0 Å². The lowest BCUT2D eigenvalue weighted by atomic mass is 10.2. The molecular weight excluding hydrogens is 345 g/mol. The van der Waals surface area contributed by atoms with Crippen LogP contribution in [-0.4, -0.2) is 4.98 Å². The molecule has 0 spiro atoms. The predicted molar refractivity (Wildman–Crippen MR) is 96.3 cm³/mol. The average Bonchev–Trinajstić information content (AvgIpc) is 2.59. The van der Waals surface area contributed by atoms with Gasteiger partial charge in [-0.05, 0) is 37.3 Å². The van der Waals surface area contributed by atoms with Crippen molar-refractivity contribution in [3.8, 4) is 17.2 Å². The molecule has 1 unspecified atom stereocenters. The van der Waals surface area contributed by atoms with Crippen LogP contribution in [0, 0.1) is 0 Å². The normalized spacial score (nSPS) is 11.8. The molecule has 0 radical (unpaired) electrons. The molecule has 0 aliphatic heterocycles. The van der Waals surface area contributed by atoms with Crippen molar-refractivity contribution in [3.63, 3.8) is 0 Å². The van der Waals surface area contributed by atoms with E-state index >= 15 is 0 Å². The van der Waals surface area contributed by atoms with Crippen molar-refractivity contribution >= 4 is 23.2 Å². The van der Waals surface area contributed by atoms with E-state index < -0.39 is 0 Å². The summed E-state index contributed by atoms with van der Waals surface area (Å²) in [5.41, 5.74) is 0.917. The van der Waals surface area contributed by atoms with E-state index in [2.05, 4.69) is 4.98 Å². The molecule has 1 heterocycles. The summed E-state index contributed by atoms with van der Waals surface area (Å²) in [6.07, 6.45) is 1.49. The van der Waals surface area contributed by atoms with Gasteiger partial charge in [0.2, 0.25) is 0 Å². The number of hydrogen-bond acceptors (Lipinski definition) is 3. The van der Waals surface area contributed by atoms with E-state index in [9.17, 15) is 0 Å². The van der Waals surface area contributed by atoms with Crippen LogP contribution in [-0.2, 0) is 0 Å². The van der Waals surface area contributed by atoms with Crippen LogP contribution in [0.4, 0.5) is 0 Å². The molecule has 1 aromatic heterocycles. The van der Waals surface area contributed by atoms with Crippen molar-refractivity contribution < 1.29 is 9.47 Å². The van der Waals surface area contributed by atoms with Gasteiger partial charge >= 0.3 is 0 Å². The number of nitrogens with zero attached hydrogens (tertiary/aromatic N) is 1. The molecule has 0 aliphatic carbocycles. The average molecular weight is 360 g/mol. The Morgan fingerprint density at radius 2 is 1.71 bits per heavy atom. The zero-order chi connectivity index (χ0) is 16.9. The van der Waals surface area contributed by atoms with Crippen LogP contribution in [0.1, 0.15) is 18.6 Å². The SMILES string of the molecule is CC(Oc1ccc(Oc2ccccc2)cc1Cl)c1ccc(Cl)nc1. The quantitative estimate of drug-likeness (QED) is 0.499. The summed E-state index contributed by atoms with van der Waals surface area (Å²) >= 11 is 12.1. The molecule has 3 nitrogen and oxygen atoms in total. The molecule has 24 heavy (non-hydrogen) atoms. The third-order valence-electron chi connectivity index (χ3n) is 3.41. The first-order valence-corrected chi connectivity index (χ1v) is 8.18. The molecule has 0 amide bonds. The summed E-state index contributed by atoms with van der Waals surface area (Å²) in [7, 11) is 0. The zero-order valence-electron chi connectivity index (χ0n) is 12.9. The Bertz CT molecular complexity index is 807. The first kappa shape index (κ1) is 16.6. The summed E-state index contributed by atoms with van der Waals surface area (Å²) in [6, 6.07) is 18.5. The minimum absolute atomic E-state index is 0.201. The van der Waals surface area contributed by atoms with Crippen LogP contribution in [0.15, 0.2) is 66.9 Å². The van der Waals surface area contributed by atoms with Crippen LogP contribution in [0.5, 0.6) is 17.2 Å². The molecule has 0 saturated carbocycles. The molecule has 0 bridgehead atoms. The maximum Gasteiger partial charge on any atom is 0.139 e. The molecule has 1 atom stereocenters. The standard InChI is InChI=1S/C19H15Cl2NO2/c1-13(14-7-10-19(21)22-12-14)23-18-9-8-16(11-17(18)20)24-15-5-3-2-4-6-15/h2-13H,1H3. The van der Waals surface area contributed by atoms with Gasteiger partial charge in [0.05, 0.1) is 5.02 Å². The molecule has 0 aliphatic rings. The Kier molecular flexibility index (Phi) is 5.24. The van der Waals surface area contributed by atoms with Gasteiger partial charge in [-0.2, -0.15) is 0 Å². The number of para-hydroxylation sites is 1. The second kappa shape index (κ2) is 7.56. The first-order valence-electron chi connectivity index (χ1n) is 7.42. The van der Waals surface area contributed by atoms with Gasteiger partial charge in [-0.1, -0.05) is 47.5 Å². The van der Waals surface area contributed by atoms with Crippen LogP contribution < -0.4 is 9.47 Å². The number of hydrogen-bond donors (Lipinski definition) is 0. The minimum atomic E-state index is -0.201. The largest absolute Gasteiger partial charge is 0.484 e. The van der Waals surface area contributed by atoms with E-state index in [1.807, 2.05) is 49.4 Å². The maximum atomic E-state index is 6.31. The lowest BCUT2D eigenvalue weighted by Gasteiger charge is -2.16. The number of halogens is 2. The van der Waals surface area contributed by atoms with E-state index in [1.165, 1.54) is 0 Å². The topological polar surface area (TPSA) is 31.4 Å². The summed E-state index contributed by atoms with van der Waals surface area (Å²) in [4.78, 5) is 4.06. The van der Waals surface area contributed by atoms with E-state index in [0.29, 0.717) is 21.7 Å². The second-order valence-corrected chi connectivity index (χ2v) is 5.98. The van der Waals surface area contributed by atoms with Crippen molar-refractivity contribution in [2.75, 3.05) is 0 Å². The van der Waals surface area contributed by atoms with E-state index in [0.717, 1.165) is 11.3 Å². The van der Waals surface area contributed by atoms with Gasteiger partial charge in [0, 0.05) is 17.8 Å². The highest BCUT2D eigenvalue weighted by Gasteiger charge is 2.11. The van der Waals surface area contributed by atoms with Crippen LogP contribution in [0.3, 0.4) is 0 Å². The summed E-state index contributed by atoms with van der Waals surface area (Å²) in [5, 5.41) is 0.934. The fourth-order valence-corrected chi connectivity index (χ4v) is 2.48. The summed E-state index contributed by atoms with van der Waals surface area (Å²) in [6.45, 7) is 1.93. The Hall–Kier alpha value is -2.23. The first-order chi connectivity index (χ1) is 11.6. The van der Waals surface area contributed by atoms with Gasteiger partial charge in [0.1, 0.15) is 28.5 Å². The number of rotatable bonds is 5. The highest BCUT2D eigenvalue weighted by Crippen LogP contribution is 2.33. The van der Waals surface area contributed by atoms with E-state index in [1.54, 1.807) is 24.4 Å². The molecule has 2 aromatic carbocycles. The minimum Gasteiger partial charge on any atom is -0.484 e.